The number of phosphoric ester groups is 1. The van der Waals surface area contributed by atoms with Crippen LogP contribution < -0.4 is 0 Å². The number of phosphoric acid groups is 1. The van der Waals surface area contributed by atoms with E-state index in [0.717, 1.165) is 5.56 Å². The molecule has 0 saturated heterocycles. The van der Waals surface area contributed by atoms with Crippen LogP contribution in [0, 0.1) is 20.8 Å². The van der Waals surface area contributed by atoms with Gasteiger partial charge in [-0.05, 0) is 31.9 Å². The third-order valence-electron chi connectivity index (χ3n) is 2.08. The Labute approximate surface area is 98.8 Å². The lowest BCUT2D eigenvalue weighted by atomic mass is 10.0. The quantitative estimate of drug-likeness (QED) is 0.772. The fraction of sp³-hybridized carbons (Fsp3) is 0.300. The predicted octanol–water partition coefficient (Wildman–Crippen LogP) is 1.04. The van der Waals surface area contributed by atoms with E-state index in [4.69, 9.17) is 9.79 Å². The van der Waals surface area contributed by atoms with E-state index in [2.05, 4.69) is 4.52 Å². The highest BCUT2D eigenvalue weighted by atomic mass is 31.2. The Bertz CT molecular complexity index is 453. The van der Waals surface area contributed by atoms with Gasteiger partial charge in [0, 0.05) is 0 Å². The molecule has 1 aromatic carbocycles. The first kappa shape index (κ1) is 15.8. The number of hydrogen-bond acceptors (Lipinski definition) is 3. The summed E-state index contributed by atoms with van der Waals surface area (Å²) in [4.78, 5) is 28.6. The highest BCUT2D eigenvalue weighted by Gasteiger charge is 2.24. The van der Waals surface area contributed by atoms with E-state index in [0.29, 0.717) is 11.1 Å². The van der Waals surface area contributed by atoms with E-state index >= 15 is 0 Å². The van der Waals surface area contributed by atoms with Crippen LogP contribution in [0.15, 0.2) is 12.1 Å². The summed E-state index contributed by atoms with van der Waals surface area (Å²) in [6.07, 6.45) is 0. The normalized spacial score (nSPS) is 10.6. The lowest BCUT2D eigenvalue weighted by Gasteiger charge is -2.11. The van der Waals surface area contributed by atoms with Crippen LogP contribution in [0.4, 0.5) is 0 Å². The van der Waals surface area contributed by atoms with Crippen LogP contribution in [0.1, 0.15) is 27.0 Å². The first-order chi connectivity index (χ1) is 7.20. The lowest BCUT2D eigenvalue weighted by molar-refractivity contribution is 0.0676. The van der Waals surface area contributed by atoms with Crippen molar-refractivity contribution in [1.29, 1.82) is 0 Å². The first-order valence-electron chi connectivity index (χ1n) is 4.58. The number of hydrogen-bond donors (Lipinski definition) is 2. The highest BCUT2D eigenvalue weighted by molar-refractivity contribution is 7.46. The summed E-state index contributed by atoms with van der Waals surface area (Å²) in [5.74, 6) is -0.997. The number of benzene rings is 1. The smallest absolute Gasteiger partial charge is 0.412 e. The second-order valence-electron chi connectivity index (χ2n) is 3.64. The minimum atomic E-state index is -4.79. The average molecular weight is 262 g/mol. The van der Waals surface area contributed by atoms with Crippen LogP contribution in [0.3, 0.4) is 0 Å². The van der Waals surface area contributed by atoms with Crippen molar-refractivity contribution in [3.05, 3.63) is 34.4 Å². The van der Waals surface area contributed by atoms with E-state index < -0.39 is 13.8 Å². The minimum absolute atomic E-state index is 0. The molecule has 0 heterocycles. The molecule has 7 heteroatoms. The second kappa shape index (κ2) is 5.42. The monoisotopic (exact) mass is 262 g/mol. The number of carbonyl (C=O) groups excluding carboxylic acids is 1. The zero-order chi connectivity index (χ0) is 12.5. The molecular formula is C10H15O6P. The van der Waals surface area contributed by atoms with E-state index in [-0.39, 0.29) is 11.0 Å². The Balaban J connectivity index is 0.00000256. The van der Waals surface area contributed by atoms with Gasteiger partial charge in [-0.1, -0.05) is 17.7 Å². The molecule has 0 amide bonds. The predicted molar refractivity (Wildman–Crippen MR) is 61.7 cm³/mol. The molecule has 96 valence electrons. The fourth-order valence-electron chi connectivity index (χ4n) is 1.66. The molecule has 0 aromatic heterocycles. The molecule has 1 aromatic rings. The maximum Gasteiger partial charge on any atom is 0.527 e. The molecule has 0 aliphatic carbocycles. The van der Waals surface area contributed by atoms with Crippen molar-refractivity contribution in [2.24, 2.45) is 0 Å². The molecule has 4 N–H and O–H groups in total. The van der Waals surface area contributed by atoms with Crippen molar-refractivity contribution in [3.63, 3.8) is 0 Å². The Morgan fingerprint density at radius 1 is 1.18 bits per heavy atom. The third-order valence-corrected chi connectivity index (χ3v) is 2.49. The van der Waals surface area contributed by atoms with E-state index in [1.165, 1.54) is 0 Å². The van der Waals surface area contributed by atoms with Crippen molar-refractivity contribution in [3.8, 4) is 0 Å². The van der Waals surface area contributed by atoms with Crippen molar-refractivity contribution in [2.45, 2.75) is 20.8 Å². The summed E-state index contributed by atoms with van der Waals surface area (Å²) in [6.45, 7) is 5.25. The SMILES string of the molecule is Cc1cc(C)c(C(=O)OP(=O)(O)O)c(C)c1.O. The van der Waals surface area contributed by atoms with Crippen LogP contribution >= 0.6 is 7.82 Å². The molecule has 6 nitrogen and oxygen atoms in total. The van der Waals surface area contributed by atoms with E-state index in [1.807, 2.05) is 6.92 Å². The molecule has 0 bridgehead atoms. The van der Waals surface area contributed by atoms with Crippen molar-refractivity contribution >= 4 is 13.8 Å². The van der Waals surface area contributed by atoms with Gasteiger partial charge < -0.3 is 10.00 Å². The summed E-state index contributed by atoms with van der Waals surface area (Å²) in [5.41, 5.74) is 2.45. The van der Waals surface area contributed by atoms with Gasteiger partial charge in [0.05, 0.1) is 5.56 Å². The van der Waals surface area contributed by atoms with Gasteiger partial charge in [-0.15, -0.1) is 0 Å². The Morgan fingerprint density at radius 2 is 1.59 bits per heavy atom. The molecule has 0 spiro atoms. The van der Waals surface area contributed by atoms with E-state index in [9.17, 15) is 9.36 Å². The highest BCUT2D eigenvalue weighted by Crippen LogP contribution is 2.37. The van der Waals surface area contributed by atoms with Crippen LogP contribution in [-0.2, 0) is 9.09 Å². The number of aryl methyl sites for hydroxylation is 3. The molecule has 0 unspecified atom stereocenters. The van der Waals surface area contributed by atoms with Crippen LogP contribution in [-0.4, -0.2) is 21.2 Å². The molecule has 0 saturated carbocycles. The molecule has 0 aliphatic heterocycles. The van der Waals surface area contributed by atoms with Gasteiger partial charge in [0.15, 0.2) is 0 Å². The fourth-order valence-corrected chi connectivity index (χ4v) is 1.96. The molecule has 17 heavy (non-hydrogen) atoms. The van der Waals surface area contributed by atoms with Gasteiger partial charge in [-0.3, -0.25) is 9.79 Å². The largest absolute Gasteiger partial charge is 0.527 e. The maximum absolute atomic E-state index is 11.5. The van der Waals surface area contributed by atoms with Gasteiger partial charge in [-0.2, -0.15) is 0 Å². The van der Waals surface area contributed by atoms with Crippen LogP contribution in [0.5, 0.6) is 0 Å². The van der Waals surface area contributed by atoms with Gasteiger partial charge >= 0.3 is 13.8 Å². The van der Waals surface area contributed by atoms with Crippen molar-refractivity contribution in [2.75, 3.05) is 0 Å². The Kier molecular flexibility index (Phi) is 5.04. The summed E-state index contributed by atoms with van der Waals surface area (Å²) < 4.78 is 14.6. The van der Waals surface area contributed by atoms with Crippen LogP contribution in [0.25, 0.3) is 0 Å². The Hall–Kier alpha value is -1.20. The second-order valence-corrected chi connectivity index (χ2v) is 4.81. The van der Waals surface area contributed by atoms with Crippen molar-refractivity contribution < 1.29 is 29.1 Å². The van der Waals surface area contributed by atoms with Gasteiger partial charge in [0.2, 0.25) is 0 Å². The maximum atomic E-state index is 11.5. The summed E-state index contributed by atoms with van der Waals surface area (Å²) in [6, 6.07) is 3.51. The van der Waals surface area contributed by atoms with Gasteiger partial charge in [-0.25, -0.2) is 9.36 Å². The first-order valence-corrected chi connectivity index (χ1v) is 6.11. The van der Waals surface area contributed by atoms with Crippen LogP contribution in [0.2, 0.25) is 0 Å². The zero-order valence-corrected chi connectivity index (χ0v) is 10.6. The summed E-state index contributed by atoms with van der Waals surface area (Å²) in [5, 5.41) is 0. The number of carbonyl (C=O) groups is 1. The molecule has 0 aliphatic rings. The van der Waals surface area contributed by atoms with Gasteiger partial charge in [0.1, 0.15) is 0 Å². The average Bonchev–Trinajstić information content (AvgIpc) is 1.96. The summed E-state index contributed by atoms with van der Waals surface area (Å²) in [7, 11) is -4.79. The zero-order valence-electron chi connectivity index (χ0n) is 9.72. The molecule has 1 rings (SSSR count). The molecule has 0 radical (unpaired) electrons. The number of rotatable bonds is 2. The van der Waals surface area contributed by atoms with Gasteiger partial charge in [0.25, 0.3) is 0 Å². The molecule has 0 fully saturated rings. The Morgan fingerprint density at radius 3 is 1.94 bits per heavy atom. The third kappa shape index (κ3) is 4.28. The minimum Gasteiger partial charge on any atom is -0.412 e. The molecular weight excluding hydrogens is 247 g/mol. The topological polar surface area (TPSA) is 115 Å². The van der Waals surface area contributed by atoms with E-state index in [1.54, 1.807) is 26.0 Å². The molecule has 0 atom stereocenters. The summed E-state index contributed by atoms with van der Waals surface area (Å²) >= 11 is 0. The standard InChI is InChI=1S/C10H13O5P.H2O/c1-6-4-7(2)9(8(3)5-6)10(11)15-16(12,13)14;/h4-5H,1-3H3,(H2,12,13,14);1H2. The van der Waals surface area contributed by atoms with Crippen molar-refractivity contribution in [1.82, 2.24) is 0 Å². The lowest BCUT2D eigenvalue weighted by Crippen LogP contribution is -2.08.